The summed E-state index contributed by atoms with van der Waals surface area (Å²) in [6.45, 7) is 10.7. The van der Waals surface area contributed by atoms with E-state index >= 15 is 0 Å². The zero-order valence-corrected chi connectivity index (χ0v) is 14.1. The summed E-state index contributed by atoms with van der Waals surface area (Å²) in [6.07, 6.45) is 0.124. The van der Waals surface area contributed by atoms with Crippen molar-refractivity contribution in [2.24, 2.45) is 0 Å². The fraction of sp³-hybridized carbons (Fsp3) is 0.533. The number of esters is 1. The second-order valence-corrected chi connectivity index (χ2v) is 11.2. The highest BCUT2D eigenvalue weighted by atomic mass is 28.4. The largest absolute Gasteiger partial charge is 0.543 e. The maximum atomic E-state index is 11.3. The van der Waals surface area contributed by atoms with E-state index < -0.39 is 8.32 Å². The Morgan fingerprint density at radius 1 is 1.25 bits per heavy atom. The fourth-order valence-corrected chi connectivity index (χ4v) is 2.50. The maximum absolute atomic E-state index is 11.3. The van der Waals surface area contributed by atoms with Crippen molar-refractivity contribution in [2.75, 3.05) is 7.11 Å². The first kappa shape index (κ1) is 16.6. The Hall–Kier alpha value is -1.49. The predicted octanol–water partition coefficient (Wildman–Crippen LogP) is 3.49. The second-order valence-electron chi connectivity index (χ2n) is 6.45. The summed E-state index contributed by atoms with van der Waals surface area (Å²) in [5.41, 5.74) is 0.686. The van der Waals surface area contributed by atoms with Crippen LogP contribution in [-0.4, -0.2) is 26.5 Å². The lowest BCUT2D eigenvalue weighted by Crippen LogP contribution is -2.43. The molecule has 0 fully saturated rings. The molecule has 0 aliphatic rings. The van der Waals surface area contributed by atoms with E-state index in [0.29, 0.717) is 11.3 Å². The van der Waals surface area contributed by atoms with Gasteiger partial charge in [-0.25, -0.2) is 0 Å². The highest BCUT2D eigenvalue weighted by Gasteiger charge is 2.39. The maximum Gasteiger partial charge on any atom is 0.309 e. The lowest BCUT2D eigenvalue weighted by molar-refractivity contribution is -0.139. The van der Waals surface area contributed by atoms with Crippen molar-refractivity contribution in [1.82, 2.24) is 0 Å². The standard InChI is InChI=1S/C15H24O4Si/c1-15(2,3)20(5,6)19-13-8-11(7-12(16)10-13)9-14(17)18-4/h7-8,10,16H,9H2,1-6H3. The zero-order valence-electron chi connectivity index (χ0n) is 13.1. The molecule has 0 saturated heterocycles. The molecule has 1 aromatic carbocycles. The van der Waals surface area contributed by atoms with E-state index in [1.807, 2.05) is 0 Å². The van der Waals surface area contributed by atoms with E-state index in [9.17, 15) is 9.90 Å². The van der Waals surface area contributed by atoms with E-state index in [-0.39, 0.29) is 23.2 Å². The van der Waals surface area contributed by atoms with Crippen LogP contribution in [0, 0.1) is 0 Å². The molecule has 0 atom stereocenters. The van der Waals surface area contributed by atoms with Crippen molar-refractivity contribution >= 4 is 14.3 Å². The molecule has 0 aliphatic heterocycles. The molecule has 5 heteroatoms. The number of methoxy groups -OCH3 is 1. The average Bonchev–Trinajstić information content (AvgIpc) is 2.25. The van der Waals surface area contributed by atoms with Crippen LogP contribution in [0.5, 0.6) is 11.5 Å². The van der Waals surface area contributed by atoms with Crippen molar-refractivity contribution < 1.29 is 19.1 Å². The molecule has 0 amide bonds. The van der Waals surface area contributed by atoms with Gasteiger partial charge in [0.2, 0.25) is 8.32 Å². The third-order valence-corrected chi connectivity index (χ3v) is 8.06. The number of benzene rings is 1. The van der Waals surface area contributed by atoms with E-state index in [2.05, 4.69) is 38.6 Å². The molecule has 0 spiro atoms. The van der Waals surface area contributed by atoms with Crippen LogP contribution in [0.4, 0.5) is 0 Å². The summed E-state index contributed by atoms with van der Waals surface area (Å²) in [5.74, 6) is 0.365. The predicted molar refractivity (Wildman–Crippen MR) is 81.7 cm³/mol. The minimum Gasteiger partial charge on any atom is -0.543 e. The van der Waals surface area contributed by atoms with Crippen LogP contribution < -0.4 is 4.43 Å². The normalized spacial score (nSPS) is 12.1. The van der Waals surface area contributed by atoms with Crippen molar-refractivity contribution in [3.63, 3.8) is 0 Å². The third kappa shape index (κ3) is 4.26. The SMILES string of the molecule is COC(=O)Cc1cc(O)cc(O[Si](C)(C)C(C)(C)C)c1. The van der Waals surface area contributed by atoms with Crippen molar-refractivity contribution in [3.8, 4) is 11.5 Å². The van der Waals surface area contributed by atoms with Crippen molar-refractivity contribution in [1.29, 1.82) is 0 Å². The van der Waals surface area contributed by atoms with E-state index in [0.717, 1.165) is 0 Å². The Bertz CT molecular complexity index is 489. The number of aromatic hydroxyl groups is 1. The zero-order chi connectivity index (χ0) is 15.6. The number of ether oxygens (including phenoxy) is 1. The summed E-state index contributed by atoms with van der Waals surface area (Å²) >= 11 is 0. The van der Waals surface area contributed by atoms with Gasteiger partial charge in [-0.1, -0.05) is 20.8 Å². The van der Waals surface area contributed by atoms with Gasteiger partial charge in [-0.15, -0.1) is 0 Å². The molecule has 0 unspecified atom stereocenters. The average molecular weight is 296 g/mol. The molecule has 112 valence electrons. The molecular weight excluding hydrogens is 272 g/mol. The van der Waals surface area contributed by atoms with Gasteiger partial charge in [-0.2, -0.15) is 0 Å². The van der Waals surface area contributed by atoms with Gasteiger partial charge in [0.25, 0.3) is 0 Å². The van der Waals surface area contributed by atoms with Gasteiger partial charge in [-0.05, 0) is 35.8 Å². The second kappa shape index (κ2) is 5.87. The Balaban J connectivity index is 2.99. The molecule has 0 saturated carbocycles. The van der Waals surface area contributed by atoms with Gasteiger partial charge in [0.15, 0.2) is 0 Å². The number of phenolic OH excluding ortho intramolecular Hbond substituents is 1. The molecule has 0 bridgehead atoms. The highest BCUT2D eigenvalue weighted by molar-refractivity contribution is 6.74. The highest BCUT2D eigenvalue weighted by Crippen LogP contribution is 2.38. The van der Waals surface area contributed by atoms with E-state index in [1.165, 1.54) is 7.11 Å². The molecular formula is C15H24O4Si. The van der Waals surface area contributed by atoms with E-state index in [1.54, 1.807) is 18.2 Å². The summed E-state index contributed by atoms with van der Waals surface area (Å²) in [4.78, 5) is 11.3. The Morgan fingerprint density at radius 2 is 1.85 bits per heavy atom. The van der Waals surface area contributed by atoms with Gasteiger partial charge in [0.1, 0.15) is 11.5 Å². The number of hydrogen-bond acceptors (Lipinski definition) is 4. The molecule has 1 aromatic rings. The van der Waals surface area contributed by atoms with Crippen LogP contribution in [0.15, 0.2) is 18.2 Å². The van der Waals surface area contributed by atoms with Crippen LogP contribution in [0.3, 0.4) is 0 Å². The summed E-state index contributed by atoms with van der Waals surface area (Å²) in [7, 11) is -0.622. The summed E-state index contributed by atoms with van der Waals surface area (Å²) in [5, 5.41) is 9.83. The summed E-state index contributed by atoms with van der Waals surface area (Å²) in [6, 6.07) is 4.92. The number of rotatable bonds is 4. The topological polar surface area (TPSA) is 55.8 Å². The molecule has 0 aromatic heterocycles. The molecule has 0 radical (unpaired) electrons. The first-order chi connectivity index (χ1) is 9.05. The molecule has 0 heterocycles. The Labute approximate surface area is 121 Å². The number of carbonyl (C=O) groups excluding carboxylic acids is 1. The van der Waals surface area contributed by atoms with Gasteiger partial charge < -0.3 is 14.3 Å². The van der Waals surface area contributed by atoms with Gasteiger partial charge in [0, 0.05) is 6.07 Å². The van der Waals surface area contributed by atoms with Crippen LogP contribution in [0.1, 0.15) is 26.3 Å². The Kier molecular flexibility index (Phi) is 4.86. The molecule has 1 rings (SSSR count). The monoisotopic (exact) mass is 296 g/mol. The van der Waals surface area contributed by atoms with Crippen LogP contribution in [0.25, 0.3) is 0 Å². The minimum absolute atomic E-state index is 0.0704. The molecule has 1 N–H and O–H groups in total. The number of hydrogen-bond donors (Lipinski definition) is 1. The minimum atomic E-state index is -1.97. The first-order valence-electron chi connectivity index (χ1n) is 6.64. The van der Waals surface area contributed by atoms with E-state index in [4.69, 9.17) is 4.43 Å². The quantitative estimate of drug-likeness (QED) is 0.682. The summed E-state index contributed by atoms with van der Waals surface area (Å²) < 4.78 is 10.8. The smallest absolute Gasteiger partial charge is 0.309 e. The number of phenols is 1. The fourth-order valence-electron chi connectivity index (χ4n) is 1.49. The lowest BCUT2D eigenvalue weighted by atomic mass is 10.1. The molecule has 4 nitrogen and oxygen atoms in total. The third-order valence-electron chi connectivity index (χ3n) is 3.71. The van der Waals surface area contributed by atoms with Gasteiger partial charge in [0.05, 0.1) is 13.5 Å². The Morgan fingerprint density at radius 3 is 2.35 bits per heavy atom. The van der Waals surface area contributed by atoms with Crippen molar-refractivity contribution in [2.45, 2.75) is 45.3 Å². The van der Waals surface area contributed by atoms with Crippen molar-refractivity contribution in [3.05, 3.63) is 23.8 Å². The van der Waals surface area contributed by atoms with Crippen LogP contribution in [-0.2, 0) is 16.0 Å². The number of carbonyl (C=O) groups is 1. The molecule has 0 aliphatic carbocycles. The van der Waals surface area contributed by atoms with Gasteiger partial charge in [-0.3, -0.25) is 4.79 Å². The van der Waals surface area contributed by atoms with Crippen LogP contribution >= 0.6 is 0 Å². The molecule has 20 heavy (non-hydrogen) atoms. The van der Waals surface area contributed by atoms with Gasteiger partial charge >= 0.3 is 5.97 Å². The first-order valence-corrected chi connectivity index (χ1v) is 9.55. The van der Waals surface area contributed by atoms with Crippen LogP contribution in [0.2, 0.25) is 18.1 Å². The lowest BCUT2D eigenvalue weighted by Gasteiger charge is -2.36.